The van der Waals surface area contributed by atoms with E-state index in [-0.39, 0.29) is 5.25 Å². The first-order valence-electron chi connectivity index (χ1n) is 8.15. The van der Waals surface area contributed by atoms with Gasteiger partial charge in [0.2, 0.25) is 17.6 Å². The molecule has 0 radical (unpaired) electrons. The van der Waals surface area contributed by atoms with E-state index in [1.165, 1.54) is 17.3 Å². The van der Waals surface area contributed by atoms with Crippen LogP contribution in [0.15, 0.2) is 68.8 Å². The normalized spacial score (nSPS) is 12.2. The highest BCUT2D eigenvalue weighted by Crippen LogP contribution is 2.35. The van der Waals surface area contributed by atoms with Crippen molar-refractivity contribution in [1.29, 1.82) is 0 Å². The van der Waals surface area contributed by atoms with Crippen molar-refractivity contribution in [2.45, 2.75) is 24.3 Å². The fourth-order valence-electron chi connectivity index (χ4n) is 2.38. The van der Waals surface area contributed by atoms with Gasteiger partial charge in [0.05, 0.1) is 5.25 Å². The number of thioether (sulfide) groups is 1. The van der Waals surface area contributed by atoms with Crippen molar-refractivity contribution in [3.05, 3.63) is 66.1 Å². The SMILES string of the molecule is Cc1ccc(-c2nnc(SC(C)c3nc(-c4ccccc4)no3)o2)cc1. The summed E-state index contributed by atoms with van der Waals surface area (Å²) >= 11 is 1.39. The molecular weight excluding hydrogens is 348 g/mol. The topological polar surface area (TPSA) is 77.8 Å². The lowest BCUT2D eigenvalue weighted by atomic mass is 10.1. The van der Waals surface area contributed by atoms with Crippen molar-refractivity contribution in [3.8, 4) is 22.8 Å². The maximum absolute atomic E-state index is 5.74. The standard InChI is InChI=1S/C19H16N4O2S/c1-12-8-10-15(11-9-12)18-21-22-19(24-18)26-13(2)17-20-16(23-25-17)14-6-4-3-5-7-14/h3-11,13H,1-2H3. The number of aromatic nitrogens is 4. The van der Waals surface area contributed by atoms with Gasteiger partial charge in [0, 0.05) is 11.1 Å². The summed E-state index contributed by atoms with van der Waals surface area (Å²) in [4.78, 5) is 4.46. The van der Waals surface area contributed by atoms with Crippen LogP contribution in [0.1, 0.15) is 23.6 Å². The molecule has 0 saturated heterocycles. The summed E-state index contributed by atoms with van der Waals surface area (Å²) in [6.07, 6.45) is 0. The molecular formula is C19H16N4O2S. The van der Waals surface area contributed by atoms with Gasteiger partial charge in [-0.1, -0.05) is 64.9 Å². The molecule has 0 fully saturated rings. The molecule has 2 aromatic carbocycles. The molecule has 1 unspecified atom stereocenters. The van der Waals surface area contributed by atoms with Gasteiger partial charge in [-0.05, 0) is 26.0 Å². The first kappa shape index (κ1) is 16.5. The third-order valence-corrected chi connectivity index (χ3v) is 4.73. The van der Waals surface area contributed by atoms with E-state index in [0.29, 0.717) is 22.8 Å². The molecule has 4 aromatic rings. The molecule has 2 heterocycles. The maximum atomic E-state index is 5.74. The average molecular weight is 364 g/mol. The molecule has 0 aliphatic rings. The molecule has 0 aliphatic carbocycles. The van der Waals surface area contributed by atoms with E-state index in [2.05, 4.69) is 20.3 Å². The summed E-state index contributed by atoms with van der Waals surface area (Å²) in [5.74, 6) is 1.58. The Kier molecular flexibility index (Phi) is 4.53. The Morgan fingerprint density at radius 3 is 2.46 bits per heavy atom. The van der Waals surface area contributed by atoms with Gasteiger partial charge in [-0.15, -0.1) is 10.2 Å². The van der Waals surface area contributed by atoms with E-state index >= 15 is 0 Å². The summed E-state index contributed by atoms with van der Waals surface area (Å²) in [5, 5.41) is 12.6. The van der Waals surface area contributed by atoms with Gasteiger partial charge in [-0.2, -0.15) is 4.98 Å². The Hall–Kier alpha value is -2.93. The molecule has 130 valence electrons. The predicted molar refractivity (Wildman–Crippen MR) is 98.5 cm³/mol. The molecule has 26 heavy (non-hydrogen) atoms. The van der Waals surface area contributed by atoms with E-state index in [9.17, 15) is 0 Å². The Morgan fingerprint density at radius 1 is 0.923 bits per heavy atom. The minimum absolute atomic E-state index is 0.105. The van der Waals surface area contributed by atoms with E-state index in [0.717, 1.165) is 11.1 Å². The highest BCUT2D eigenvalue weighted by Gasteiger charge is 2.20. The average Bonchev–Trinajstić information content (AvgIpc) is 3.33. The van der Waals surface area contributed by atoms with Crippen LogP contribution < -0.4 is 0 Å². The van der Waals surface area contributed by atoms with Crippen LogP contribution in [0.25, 0.3) is 22.8 Å². The zero-order chi connectivity index (χ0) is 17.9. The Labute approximate surface area is 154 Å². The Balaban J connectivity index is 1.48. The number of aryl methyl sites for hydroxylation is 1. The molecule has 0 spiro atoms. The van der Waals surface area contributed by atoms with Crippen LogP contribution in [0.2, 0.25) is 0 Å². The molecule has 6 nitrogen and oxygen atoms in total. The van der Waals surface area contributed by atoms with Crippen molar-refractivity contribution in [1.82, 2.24) is 20.3 Å². The number of benzene rings is 2. The first-order chi connectivity index (χ1) is 12.7. The second-order valence-corrected chi connectivity index (χ2v) is 7.11. The summed E-state index contributed by atoms with van der Waals surface area (Å²) in [7, 11) is 0. The van der Waals surface area contributed by atoms with E-state index in [1.807, 2.05) is 68.4 Å². The molecule has 0 amide bonds. The summed E-state index contributed by atoms with van der Waals surface area (Å²) < 4.78 is 11.1. The van der Waals surface area contributed by atoms with Gasteiger partial charge in [-0.25, -0.2) is 0 Å². The smallest absolute Gasteiger partial charge is 0.277 e. The van der Waals surface area contributed by atoms with Crippen molar-refractivity contribution in [2.75, 3.05) is 0 Å². The highest BCUT2D eigenvalue weighted by atomic mass is 32.2. The molecule has 0 saturated carbocycles. The zero-order valence-corrected chi connectivity index (χ0v) is 15.1. The van der Waals surface area contributed by atoms with Gasteiger partial charge in [0.15, 0.2) is 0 Å². The fourth-order valence-corrected chi connectivity index (χ4v) is 3.09. The molecule has 0 aliphatic heterocycles. The van der Waals surface area contributed by atoms with Gasteiger partial charge < -0.3 is 8.94 Å². The Bertz CT molecular complexity index is 996. The van der Waals surface area contributed by atoms with Crippen molar-refractivity contribution in [3.63, 3.8) is 0 Å². The molecule has 2 aromatic heterocycles. The van der Waals surface area contributed by atoms with Crippen molar-refractivity contribution >= 4 is 11.8 Å². The lowest BCUT2D eigenvalue weighted by Crippen LogP contribution is -1.89. The Morgan fingerprint density at radius 2 is 1.69 bits per heavy atom. The van der Waals surface area contributed by atoms with Crippen LogP contribution in [0, 0.1) is 6.92 Å². The van der Waals surface area contributed by atoms with Crippen LogP contribution >= 0.6 is 11.8 Å². The van der Waals surface area contributed by atoms with Crippen LogP contribution in [0.3, 0.4) is 0 Å². The minimum Gasteiger partial charge on any atom is -0.411 e. The van der Waals surface area contributed by atoms with Crippen molar-refractivity contribution < 1.29 is 8.94 Å². The summed E-state index contributed by atoms with van der Waals surface area (Å²) in [5.41, 5.74) is 2.99. The van der Waals surface area contributed by atoms with Crippen LogP contribution in [-0.4, -0.2) is 20.3 Å². The third kappa shape index (κ3) is 3.52. The van der Waals surface area contributed by atoms with Crippen LogP contribution in [0.5, 0.6) is 0 Å². The van der Waals surface area contributed by atoms with E-state index < -0.39 is 0 Å². The molecule has 4 rings (SSSR count). The lowest BCUT2D eigenvalue weighted by Gasteiger charge is -2.01. The van der Waals surface area contributed by atoms with Gasteiger partial charge in [0.25, 0.3) is 5.22 Å². The largest absolute Gasteiger partial charge is 0.411 e. The predicted octanol–water partition coefficient (Wildman–Crippen LogP) is 4.95. The quantitative estimate of drug-likeness (QED) is 0.464. The number of hydrogen-bond donors (Lipinski definition) is 0. The molecule has 0 bridgehead atoms. The lowest BCUT2D eigenvalue weighted by molar-refractivity contribution is 0.379. The van der Waals surface area contributed by atoms with Crippen LogP contribution in [0.4, 0.5) is 0 Å². The second-order valence-electron chi connectivity index (χ2n) is 5.82. The number of nitrogens with zero attached hydrogens (tertiary/aromatic N) is 4. The monoisotopic (exact) mass is 364 g/mol. The second kappa shape index (κ2) is 7.13. The van der Waals surface area contributed by atoms with Gasteiger partial charge in [-0.3, -0.25) is 0 Å². The molecule has 0 N–H and O–H groups in total. The zero-order valence-electron chi connectivity index (χ0n) is 14.3. The van der Waals surface area contributed by atoms with Crippen LogP contribution in [-0.2, 0) is 0 Å². The first-order valence-corrected chi connectivity index (χ1v) is 9.03. The summed E-state index contributed by atoms with van der Waals surface area (Å²) in [6.45, 7) is 4.00. The third-order valence-electron chi connectivity index (χ3n) is 3.80. The number of hydrogen-bond acceptors (Lipinski definition) is 7. The van der Waals surface area contributed by atoms with Crippen molar-refractivity contribution in [2.24, 2.45) is 0 Å². The maximum Gasteiger partial charge on any atom is 0.277 e. The van der Waals surface area contributed by atoms with Gasteiger partial charge >= 0.3 is 0 Å². The van der Waals surface area contributed by atoms with Gasteiger partial charge in [0.1, 0.15) is 0 Å². The fraction of sp³-hybridized carbons (Fsp3) is 0.158. The number of rotatable bonds is 5. The summed E-state index contributed by atoms with van der Waals surface area (Å²) in [6, 6.07) is 17.7. The molecule has 7 heteroatoms. The van der Waals surface area contributed by atoms with E-state index in [4.69, 9.17) is 8.94 Å². The minimum atomic E-state index is -0.105. The van der Waals surface area contributed by atoms with E-state index in [1.54, 1.807) is 0 Å². The molecule has 1 atom stereocenters. The highest BCUT2D eigenvalue weighted by molar-refractivity contribution is 7.99.